The van der Waals surface area contributed by atoms with E-state index in [0.717, 1.165) is 22.4 Å². The number of fused-ring (bicyclic) bond motifs is 1. The molecule has 1 heterocycles. The largest absolute Gasteiger partial charge is 0.351 e. The summed E-state index contributed by atoms with van der Waals surface area (Å²) < 4.78 is 1.59. The smallest absolute Gasteiger partial charge is 0.266 e. The van der Waals surface area contributed by atoms with Crippen LogP contribution in [-0.2, 0) is 11.3 Å². The number of thioether (sulfide) groups is 1. The lowest BCUT2D eigenvalue weighted by Crippen LogP contribution is -2.26. The fourth-order valence-corrected chi connectivity index (χ4v) is 4.39. The van der Waals surface area contributed by atoms with Gasteiger partial charge in [-0.2, -0.15) is 0 Å². The van der Waals surface area contributed by atoms with Gasteiger partial charge in [0.1, 0.15) is 0 Å². The molecule has 162 valence electrons. The van der Waals surface area contributed by atoms with Crippen molar-refractivity contribution < 1.29 is 4.79 Å². The van der Waals surface area contributed by atoms with Gasteiger partial charge in [0.25, 0.3) is 5.56 Å². The molecule has 0 aliphatic rings. The minimum atomic E-state index is -0.152. The van der Waals surface area contributed by atoms with E-state index in [4.69, 9.17) is 16.6 Å². The molecule has 0 radical (unpaired) electrons. The van der Waals surface area contributed by atoms with E-state index in [0.29, 0.717) is 27.6 Å². The lowest BCUT2D eigenvalue weighted by atomic mass is 10.1. The monoisotopic (exact) mass is 463 g/mol. The van der Waals surface area contributed by atoms with Gasteiger partial charge < -0.3 is 5.32 Å². The third-order valence-corrected chi connectivity index (χ3v) is 6.38. The highest BCUT2D eigenvalue weighted by Gasteiger charge is 2.15. The Balaban J connectivity index is 1.61. The highest BCUT2D eigenvalue weighted by molar-refractivity contribution is 7.99. The molecule has 1 aromatic heterocycles. The van der Waals surface area contributed by atoms with E-state index in [-0.39, 0.29) is 17.2 Å². The Morgan fingerprint density at radius 3 is 2.62 bits per heavy atom. The molecule has 0 saturated heterocycles. The minimum absolute atomic E-state index is 0.135. The molecule has 0 unspecified atom stereocenters. The number of aryl methyl sites for hydroxylation is 2. The number of hydrogen-bond donors (Lipinski definition) is 1. The van der Waals surface area contributed by atoms with Gasteiger partial charge in [-0.1, -0.05) is 53.7 Å². The molecule has 1 amide bonds. The van der Waals surface area contributed by atoms with Crippen LogP contribution in [0.15, 0.2) is 76.7 Å². The maximum absolute atomic E-state index is 13.3. The van der Waals surface area contributed by atoms with Crippen LogP contribution in [0.5, 0.6) is 0 Å². The maximum Gasteiger partial charge on any atom is 0.266 e. The molecule has 0 saturated carbocycles. The topological polar surface area (TPSA) is 64.0 Å². The van der Waals surface area contributed by atoms with Gasteiger partial charge >= 0.3 is 0 Å². The molecular formula is C25H22ClN3O2S. The number of rotatable bonds is 6. The van der Waals surface area contributed by atoms with Crippen molar-refractivity contribution in [2.24, 2.45) is 0 Å². The quantitative estimate of drug-likeness (QED) is 0.320. The SMILES string of the molecule is Cc1ccc(-n2c(SCC(=O)NCc3cccc(Cl)c3)nc3ccccc3c2=O)cc1C. The fraction of sp³-hybridized carbons (Fsp3) is 0.160. The minimum Gasteiger partial charge on any atom is -0.351 e. The number of amides is 1. The Labute approximate surface area is 195 Å². The van der Waals surface area contributed by atoms with Crippen molar-refractivity contribution in [2.45, 2.75) is 25.5 Å². The van der Waals surface area contributed by atoms with Crippen molar-refractivity contribution in [1.29, 1.82) is 0 Å². The summed E-state index contributed by atoms with van der Waals surface area (Å²) in [6.07, 6.45) is 0. The van der Waals surface area contributed by atoms with Gasteiger partial charge in [-0.15, -0.1) is 0 Å². The number of nitrogens with one attached hydrogen (secondary N) is 1. The summed E-state index contributed by atoms with van der Waals surface area (Å²) >= 11 is 7.24. The molecule has 7 heteroatoms. The van der Waals surface area contributed by atoms with Crippen LogP contribution in [0.25, 0.3) is 16.6 Å². The standard InChI is InChI=1S/C25H22ClN3O2S/c1-16-10-11-20(12-17(16)2)29-24(31)21-8-3-4-9-22(21)28-25(29)32-15-23(30)27-14-18-6-5-7-19(26)13-18/h3-13H,14-15H2,1-2H3,(H,27,30). The van der Waals surface area contributed by atoms with E-state index >= 15 is 0 Å². The Hall–Kier alpha value is -3.09. The number of aromatic nitrogens is 2. The number of hydrogen-bond acceptors (Lipinski definition) is 4. The highest BCUT2D eigenvalue weighted by atomic mass is 35.5. The molecule has 3 aromatic carbocycles. The lowest BCUT2D eigenvalue weighted by molar-refractivity contribution is -0.118. The van der Waals surface area contributed by atoms with Crippen LogP contribution >= 0.6 is 23.4 Å². The molecule has 1 N–H and O–H groups in total. The second-order valence-corrected chi connectivity index (χ2v) is 8.89. The number of carbonyl (C=O) groups excluding carboxylic acids is 1. The van der Waals surface area contributed by atoms with Gasteiger partial charge in [0.05, 0.1) is 22.3 Å². The summed E-state index contributed by atoms with van der Waals surface area (Å²) in [6, 6.07) is 20.5. The van der Waals surface area contributed by atoms with E-state index in [1.165, 1.54) is 11.8 Å². The van der Waals surface area contributed by atoms with Crippen molar-refractivity contribution in [1.82, 2.24) is 14.9 Å². The summed E-state index contributed by atoms with van der Waals surface area (Å²) in [5, 5.41) is 4.54. The first-order valence-electron chi connectivity index (χ1n) is 10.2. The van der Waals surface area contributed by atoms with Crippen LogP contribution in [0.1, 0.15) is 16.7 Å². The molecule has 0 bridgehead atoms. The number of para-hydroxylation sites is 1. The molecule has 5 nitrogen and oxygen atoms in total. The molecule has 0 atom stereocenters. The van der Waals surface area contributed by atoms with Crippen LogP contribution in [0, 0.1) is 13.8 Å². The van der Waals surface area contributed by atoms with Crippen LogP contribution in [0.4, 0.5) is 0 Å². The first kappa shape index (κ1) is 22.1. The average Bonchev–Trinajstić information content (AvgIpc) is 2.78. The number of benzene rings is 3. The van der Waals surface area contributed by atoms with Crippen molar-refractivity contribution in [3.8, 4) is 5.69 Å². The average molecular weight is 464 g/mol. The number of carbonyl (C=O) groups is 1. The van der Waals surface area contributed by atoms with Crippen LogP contribution in [0.3, 0.4) is 0 Å². The summed E-state index contributed by atoms with van der Waals surface area (Å²) in [5.74, 6) is -0.0139. The molecule has 4 rings (SSSR count). The van der Waals surface area contributed by atoms with Crippen LogP contribution in [-0.4, -0.2) is 21.2 Å². The van der Waals surface area contributed by atoms with Gasteiger partial charge in [-0.25, -0.2) is 4.98 Å². The van der Waals surface area contributed by atoms with Crippen LogP contribution in [0.2, 0.25) is 5.02 Å². The molecule has 32 heavy (non-hydrogen) atoms. The lowest BCUT2D eigenvalue weighted by Gasteiger charge is -2.14. The molecule has 0 aliphatic heterocycles. The second-order valence-electron chi connectivity index (χ2n) is 7.52. The molecule has 0 fully saturated rings. The van der Waals surface area contributed by atoms with Gasteiger partial charge in [0, 0.05) is 11.6 Å². The van der Waals surface area contributed by atoms with E-state index in [2.05, 4.69) is 5.32 Å². The first-order valence-corrected chi connectivity index (χ1v) is 11.5. The normalized spacial score (nSPS) is 11.0. The zero-order valence-corrected chi connectivity index (χ0v) is 19.3. The third-order valence-electron chi connectivity index (χ3n) is 5.20. The summed E-state index contributed by atoms with van der Waals surface area (Å²) in [6.45, 7) is 4.42. The second kappa shape index (κ2) is 9.59. The van der Waals surface area contributed by atoms with E-state index in [1.54, 1.807) is 16.7 Å². The maximum atomic E-state index is 13.3. The zero-order chi connectivity index (χ0) is 22.7. The predicted octanol–water partition coefficient (Wildman–Crippen LogP) is 5.06. The summed E-state index contributed by atoms with van der Waals surface area (Å²) in [7, 11) is 0. The zero-order valence-electron chi connectivity index (χ0n) is 17.8. The predicted molar refractivity (Wildman–Crippen MR) is 131 cm³/mol. The Bertz CT molecular complexity index is 1370. The van der Waals surface area contributed by atoms with Crippen LogP contribution < -0.4 is 10.9 Å². The van der Waals surface area contributed by atoms with Crippen molar-refractivity contribution >= 4 is 40.2 Å². The number of halogens is 1. The highest BCUT2D eigenvalue weighted by Crippen LogP contribution is 2.22. The Morgan fingerprint density at radius 1 is 1.03 bits per heavy atom. The van der Waals surface area contributed by atoms with Crippen molar-refractivity contribution in [3.63, 3.8) is 0 Å². The molecule has 0 aliphatic carbocycles. The van der Waals surface area contributed by atoms with Gasteiger partial charge in [-0.3, -0.25) is 14.2 Å². The van der Waals surface area contributed by atoms with E-state index in [1.807, 2.05) is 68.4 Å². The van der Waals surface area contributed by atoms with Crippen molar-refractivity contribution in [2.75, 3.05) is 5.75 Å². The summed E-state index contributed by atoms with van der Waals surface area (Å²) in [4.78, 5) is 30.5. The summed E-state index contributed by atoms with van der Waals surface area (Å²) in [5.41, 5.74) is 4.34. The number of nitrogens with zero attached hydrogens (tertiary/aromatic N) is 2. The molecule has 0 spiro atoms. The first-order chi connectivity index (χ1) is 15.4. The Kier molecular flexibility index (Phi) is 6.63. The molecular weight excluding hydrogens is 442 g/mol. The van der Waals surface area contributed by atoms with E-state index in [9.17, 15) is 9.59 Å². The van der Waals surface area contributed by atoms with Crippen molar-refractivity contribution in [3.05, 3.63) is 98.8 Å². The van der Waals surface area contributed by atoms with Gasteiger partial charge in [-0.05, 0) is 66.9 Å². The van der Waals surface area contributed by atoms with Gasteiger partial charge in [0.15, 0.2) is 5.16 Å². The Morgan fingerprint density at radius 2 is 1.84 bits per heavy atom. The van der Waals surface area contributed by atoms with Gasteiger partial charge in [0.2, 0.25) is 5.91 Å². The fourth-order valence-electron chi connectivity index (χ4n) is 3.33. The molecule has 4 aromatic rings. The van der Waals surface area contributed by atoms with E-state index < -0.39 is 0 Å². The third kappa shape index (κ3) is 4.87.